The standard InChI is InChI=1S/C14H27F3N2O2/c1-6-7-19(9-14(15,16)17)11(4)8-13(5,12(20)21)18-10(2)3/h10-11,18H,6-9H2,1-5H3,(H,20,21). The fraction of sp³-hybridized carbons (Fsp3) is 0.929. The van der Waals surface area contributed by atoms with E-state index in [1.54, 1.807) is 13.8 Å². The Bertz CT molecular complexity index is 335. The van der Waals surface area contributed by atoms with E-state index in [-0.39, 0.29) is 19.0 Å². The van der Waals surface area contributed by atoms with Gasteiger partial charge in [-0.1, -0.05) is 6.92 Å². The first-order chi connectivity index (χ1) is 9.41. The van der Waals surface area contributed by atoms with Crippen molar-refractivity contribution in [1.82, 2.24) is 10.2 Å². The van der Waals surface area contributed by atoms with Gasteiger partial charge in [0.2, 0.25) is 0 Å². The molecule has 0 amide bonds. The average molecular weight is 312 g/mol. The minimum Gasteiger partial charge on any atom is -0.480 e. The number of rotatable bonds is 9. The molecule has 0 fully saturated rings. The van der Waals surface area contributed by atoms with Gasteiger partial charge in [0.1, 0.15) is 5.54 Å². The van der Waals surface area contributed by atoms with Gasteiger partial charge in [0.05, 0.1) is 6.54 Å². The topological polar surface area (TPSA) is 52.6 Å². The number of hydrogen-bond donors (Lipinski definition) is 2. The summed E-state index contributed by atoms with van der Waals surface area (Å²) < 4.78 is 37.9. The lowest BCUT2D eigenvalue weighted by Crippen LogP contribution is -2.56. The molecule has 0 aliphatic rings. The Kier molecular flexibility index (Phi) is 7.67. The van der Waals surface area contributed by atoms with Crippen molar-refractivity contribution in [1.29, 1.82) is 0 Å². The van der Waals surface area contributed by atoms with Crippen molar-refractivity contribution >= 4 is 5.97 Å². The number of alkyl halides is 3. The summed E-state index contributed by atoms with van der Waals surface area (Å²) in [5.74, 6) is -1.05. The lowest BCUT2D eigenvalue weighted by Gasteiger charge is -2.36. The molecule has 7 heteroatoms. The number of hydrogen-bond acceptors (Lipinski definition) is 3. The van der Waals surface area contributed by atoms with E-state index in [4.69, 9.17) is 0 Å². The van der Waals surface area contributed by atoms with E-state index in [0.29, 0.717) is 6.42 Å². The largest absolute Gasteiger partial charge is 0.480 e. The summed E-state index contributed by atoms with van der Waals surface area (Å²) in [5.41, 5.74) is -1.24. The molecule has 0 aliphatic heterocycles. The Labute approximate surface area is 124 Å². The molecule has 0 saturated heterocycles. The summed E-state index contributed by atoms with van der Waals surface area (Å²) in [6, 6.07) is -0.556. The molecule has 126 valence electrons. The van der Waals surface area contributed by atoms with E-state index < -0.39 is 30.3 Å². The lowest BCUT2D eigenvalue weighted by molar-refractivity contribution is -0.153. The molecule has 0 aliphatic carbocycles. The summed E-state index contributed by atoms with van der Waals surface area (Å²) in [6.45, 7) is 7.86. The van der Waals surface area contributed by atoms with E-state index in [9.17, 15) is 23.1 Å². The van der Waals surface area contributed by atoms with Crippen LogP contribution in [-0.2, 0) is 4.79 Å². The molecule has 0 bridgehead atoms. The lowest BCUT2D eigenvalue weighted by atomic mass is 9.92. The minimum atomic E-state index is -4.28. The molecule has 2 N–H and O–H groups in total. The Morgan fingerprint density at radius 2 is 1.81 bits per heavy atom. The van der Waals surface area contributed by atoms with Crippen LogP contribution in [0, 0.1) is 0 Å². The van der Waals surface area contributed by atoms with Crippen LogP contribution >= 0.6 is 0 Å². The van der Waals surface area contributed by atoms with Crippen LogP contribution in [0.4, 0.5) is 13.2 Å². The van der Waals surface area contributed by atoms with Gasteiger partial charge in [-0.2, -0.15) is 13.2 Å². The number of carboxylic acids is 1. The number of nitrogens with one attached hydrogen (secondary N) is 1. The van der Waals surface area contributed by atoms with Gasteiger partial charge in [0, 0.05) is 12.1 Å². The number of carboxylic acid groups (broad SMARTS) is 1. The van der Waals surface area contributed by atoms with Gasteiger partial charge in [0.25, 0.3) is 0 Å². The van der Waals surface area contributed by atoms with E-state index >= 15 is 0 Å². The van der Waals surface area contributed by atoms with Gasteiger partial charge >= 0.3 is 12.1 Å². The molecular formula is C14H27F3N2O2. The molecule has 4 nitrogen and oxygen atoms in total. The molecule has 0 aromatic rings. The second kappa shape index (κ2) is 7.98. The first-order valence-electron chi connectivity index (χ1n) is 7.23. The molecule has 0 aromatic heterocycles. The summed E-state index contributed by atoms with van der Waals surface area (Å²) in [7, 11) is 0. The van der Waals surface area contributed by atoms with E-state index in [1.165, 1.54) is 11.8 Å². The Morgan fingerprint density at radius 1 is 1.29 bits per heavy atom. The molecule has 21 heavy (non-hydrogen) atoms. The first kappa shape index (κ1) is 20.2. The zero-order valence-electron chi connectivity index (χ0n) is 13.4. The molecule has 0 rings (SSSR count). The second-order valence-electron chi connectivity index (χ2n) is 6.08. The van der Waals surface area contributed by atoms with Crippen molar-refractivity contribution in [3.63, 3.8) is 0 Å². The van der Waals surface area contributed by atoms with Crippen LogP contribution < -0.4 is 5.32 Å². The second-order valence-corrected chi connectivity index (χ2v) is 6.08. The highest BCUT2D eigenvalue weighted by Gasteiger charge is 2.39. The molecule has 0 radical (unpaired) electrons. The highest BCUT2D eigenvalue weighted by Crippen LogP contribution is 2.23. The maximum Gasteiger partial charge on any atom is 0.401 e. The maximum atomic E-state index is 12.6. The van der Waals surface area contributed by atoms with E-state index in [2.05, 4.69) is 5.32 Å². The van der Waals surface area contributed by atoms with Crippen molar-refractivity contribution in [2.45, 2.75) is 71.3 Å². The van der Waals surface area contributed by atoms with Gasteiger partial charge < -0.3 is 5.11 Å². The normalized spacial score (nSPS) is 17.0. The quantitative estimate of drug-likeness (QED) is 0.687. The number of carbonyl (C=O) groups is 1. The van der Waals surface area contributed by atoms with Crippen LogP contribution in [0.15, 0.2) is 0 Å². The van der Waals surface area contributed by atoms with Gasteiger partial charge in [0.15, 0.2) is 0 Å². The Hall–Kier alpha value is -0.820. The SMILES string of the molecule is CCCN(CC(F)(F)F)C(C)CC(C)(NC(C)C)C(=O)O. The Morgan fingerprint density at radius 3 is 2.14 bits per heavy atom. The molecular weight excluding hydrogens is 285 g/mol. The highest BCUT2D eigenvalue weighted by molar-refractivity contribution is 5.78. The number of aliphatic carboxylic acids is 1. The molecule has 0 aromatic carbocycles. The molecule has 0 spiro atoms. The third-order valence-corrected chi connectivity index (χ3v) is 3.30. The molecule has 2 unspecified atom stereocenters. The van der Waals surface area contributed by atoms with Gasteiger partial charge in [-0.25, -0.2) is 0 Å². The van der Waals surface area contributed by atoms with E-state index in [1.807, 2.05) is 13.8 Å². The summed E-state index contributed by atoms with van der Waals surface area (Å²) in [4.78, 5) is 12.7. The Balaban J connectivity index is 4.99. The zero-order chi connectivity index (χ0) is 16.8. The van der Waals surface area contributed by atoms with Crippen molar-refractivity contribution in [3.8, 4) is 0 Å². The van der Waals surface area contributed by atoms with Crippen LogP contribution in [0.2, 0.25) is 0 Å². The van der Waals surface area contributed by atoms with E-state index in [0.717, 1.165) is 0 Å². The minimum absolute atomic E-state index is 0.0689. The predicted octanol–water partition coefficient (Wildman–Crippen LogP) is 2.88. The maximum absolute atomic E-state index is 12.6. The number of halogens is 3. The summed E-state index contributed by atoms with van der Waals surface area (Å²) in [6.07, 6.45) is -3.59. The van der Waals surface area contributed by atoms with Gasteiger partial charge in [-0.3, -0.25) is 15.0 Å². The van der Waals surface area contributed by atoms with Crippen LogP contribution in [0.1, 0.15) is 47.5 Å². The number of nitrogens with zero attached hydrogens (tertiary/aromatic N) is 1. The summed E-state index contributed by atoms with van der Waals surface area (Å²) >= 11 is 0. The summed E-state index contributed by atoms with van der Waals surface area (Å²) in [5, 5.41) is 12.3. The van der Waals surface area contributed by atoms with Crippen molar-refractivity contribution in [3.05, 3.63) is 0 Å². The first-order valence-corrected chi connectivity index (χ1v) is 7.23. The highest BCUT2D eigenvalue weighted by atomic mass is 19.4. The third-order valence-electron chi connectivity index (χ3n) is 3.30. The van der Waals surface area contributed by atoms with Crippen LogP contribution in [0.3, 0.4) is 0 Å². The smallest absolute Gasteiger partial charge is 0.401 e. The molecule has 0 heterocycles. The average Bonchev–Trinajstić information content (AvgIpc) is 2.25. The van der Waals surface area contributed by atoms with Crippen LogP contribution in [-0.4, -0.2) is 52.9 Å². The molecule has 2 atom stereocenters. The fourth-order valence-corrected chi connectivity index (χ4v) is 2.54. The zero-order valence-corrected chi connectivity index (χ0v) is 13.4. The fourth-order valence-electron chi connectivity index (χ4n) is 2.54. The third kappa shape index (κ3) is 7.66. The van der Waals surface area contributed by atoms with Crippen LogP contribution in [0.25, 0.3) is 0 Å². The van der Waals surface area contributed by atoms with Crippen molar-refractivity contribution in [2.75, 3.05) is 13.1 Å². The van der Waals surface area contributed by atoms with Crippen molar-refractivity contribution in [2.24, 2.45) is 0 Å². The van der Waals surface area contributed by atoms with Crippen molar-refractivity contribution < 1.29 is 23.1 Å². The monoisotopic (exact) mass is 312 g/mol. The van der Waals surface area contributed by atoms with Gasteiger partial charge in [-0.15, -0.1) is 0 Å². The van der Waals surface area contributed by atoms with Crippen LogP contribution in [0.5, 0.6) is 0 Å². The molecule has 0 saturated carbocycles. The predicted molar refractivity (Wildman–Crippen MR) is 76.3 cm³/mol. The van der Waals surface area contributed by atoms with Gasteiger partial charge in [-0.05, 0) is 47.1 Å².